The monoisotopic (exact) mass is 364 g/mol. The Morgan fingerprint density at radius 2 is 1.93 bits per heavy atom. The SMILES string of the molecule is O=C(CC1CCCCCC1)Nc1cccc2c(=O)n(-c3cc[nH]n3)ccc12. The van der Waals surface area contributed by atoms with E-state index in [1.54, 1.807) is 30.6 Å². The maximum Gasteiger partial charge on any atom is 0.264 e. The van der Waals surface area contributed by atoms with Gasteiger partial charge in [0, 0.05) is 41.3 Å². The smallest absolute Gasteiger partial charge is 0.264 e. The van der Waals surface area contributed by atoms with E-state index in [2.05, 4.69) is 15.5 Å². The molecule has 4 rings (SSSR count). The number of pyridine rings is 1. The maximum atomic E-state index is 12.8. The predicted octanol–water partition coefficient (Wildman–Crippen LogP) is 4.01. The molecule has 2 aromatic heterocycles. The molecule has 1 saturated carbocycles. The number of carbonyl (C=O) groups is 1. The molecule has 6 heteroatoms. The number of anilines is 1. The molecule has 27 heavy (non-hydrogen) atoms. The molecule has 2 heterocycles. The van der Waals surface area contributed by atoms with Gasteiger partial charge in [-0.15, -0.1) is 0 Å². The van der Waals surface area contributed by atoms with E-state index in [0.717, 1.165) is 18.2 Å². The van der Waals surface area contributed by atoms with Crippen LogP contribution in [0.15, 0.2) is 47.5 Å². The van der Waals surface area contributed by atoms with E-state index in [1.807, 2.05) is 12.1 Å². The molecule has 140 valence electrons. The number of hydrogen-bond donors (Lipinski definition) is 2. The molecule has 1 aliphatic carbocycles. The minimum absolute atomic E-state index is 0.0332. The standard InChI is InChI=1S/C21H24N4O2/c26-20(14-15-6-3-1-2-4-7-15)23-18-9-5-8-17-16(18)11-13-25(21(17)27)19-10-12-22-24-19/h5,8-13,15H,1-4,6-7,14H2,(H,22,24)(H,23,26). The van der Waals surface area contributed by atoms with Crippen LogP contribution in [0, 0.1) is 5.92 Å². The van der Waals surface area contributed by atoms with Crippen LogP contribution in [0.2, 0.25) is 0 Å². The highest BCUT2D eigenvalue weighted by atomic mass is 16.1. The van der Waals surface area contributed by atoms with Gasteiger partial charge in [-0.05, 0) is 37.0 Å². The summed E-state index contributed by atoms with van der Waals surface area (Å²) >= 11 is 0. The number of amides is 1. The number of aromatic nitrogens is 3. The van der Waals surface area contributed by atoms with Gasteiger partial charge in [0.2, 0.25) is 5.91 Å². The Hall–Kier alpha value is -2.89. The van der Waals surface area contributed by atoms with E-state index in [9.17, 15) is 9.59 Å². The minimum Gasteiger partial charge on any atom is -0.326 e. The van der Waals surface area contributed by atoms with Crippen LogP contribution in [0.5, 0.6) is 0 Å². The Balaban J connectivity index is 1.58. The average Bonchev–Trinajstić information content (AvgIpc) is 3.08. The highest BCUT2D eigenvalue weighted by Crippen LogP contribution is 2.27. The van der Waals surface area contributed by atoms with Crippen LogP contribution in [0.4, 0.5) is 5.69 Å². The lowest BCUT2D eigenvalue weighted by Gasteiger charge is -2.15. The summed E-state index contributed by atoms with van der Waals surface area (Å²) in [5, 5.41) is 11.1. The Morgan fingerprint density at radius 3 is 2.67 bits per heavy atom. The first-order chi connectivity index (χ1) is 13.2. The Morgan fingerprint density at radius 1 is 1.11 bits per heavy atom. The van der Waals surface area contributed by atoms with E-state index in [1.165, 1.54) is 30.3 Å². The summed E-state index contributed by atoms with van der Waals surface area (Å²) in [6.45, 7) is 0. The van der Waals surface area contributed by atoms with Crippen LogP contribution in [0.3, 0.4) is 0 Å². The van der Waals surface area contributed by atoms with Crippen molar-refractivity contribution in [3.05, 3.63) is 53.1 Å². The zero-order valence-electron chi connectivity index (χ0n) is 15.3. The molecule has 0 aliphatic heterocycles. The van der Waals surface area contributed by atoms with Crippen molar-refractivity contribution in [1.82, 2.24) is 14.8 Å². The number of hydrogen-bond acceptors (Lipinski definition) is 3. The van der Waals surface area contributed by atoms with Gasteiger partial charge >= 0.3 is 0 Å². The molecule has 1 aliphatic rings. The summed E-state index contributed by atoms with van der Waals surface area (Å²) in [5.74, 6) is 1.05. The third-order valence-corrected chi connectivity index (χ3v) is 5.40. The van der Waals surface area contributed by atoms with Gasteiger partial charge in [0.15, 0.2) is 5.82 Å². The van der Waals surface area contributed by atoms with Crippen molar-refractivity contribution in [2.45, 2.75) is 44.9 Å². The van der Waals surface area contributed by atoms with E-state index in [0.29, 0.717) is 29.2 Å². The van der Waals surface area contributed by atoms with Gasteiger partial charge in [-0.1, -0.05) is 31.7 Å². The van der Waals surface area contributed by atoms with E-state index < -0.39 is 0 Å². The summed E-state index contributed by atoms with van der Waals surface area (Å²) in [6, 6.07) is 9.03. The summed E-state index contributed by atoms with van der Waals surface area (Å²) in [7, 11) is 0. The molecule has 0 bridgehead atoms. The molecule has 1 amide bonds. The lowest BCUT2D eigenvalue weighted by molar-refractivity contribution is -0.117. The first-order valence-electron chi connectivity index (χ1n) is 9.67. The van der Waals surface area contributed by atoms with Crippen LogP contribution in [-0.4, -0.2) is 20.7 Å². The molecule has 0 unspecified atom stereocenters. The summed E-state index contributed by atoms with van der Waals surface area (Å²) in [6.07, 6.45) is 11.2. The quantitative estimate of drug-likeness (QED) is 0.686. The Bertz CT molecular complexity index is 983. The Labute approximate surface area is 157 Å². The van der Waals surface area contributed by atoms with E-state index in [4.69, 9.17) is 0 Å². The number of carbonyl (C=O) groups excluding carboxylic acids is 1. The zero-order chi connectivity index (χ0) is 18.6. The van der Waals surface area contributed by atoms with Gasteiger partial charge in [0.05, 0.1) is 0 Å². The van der Waals surface area contributed by atoms with Gasteiger partial charge in [0.25, 0.3) is 5.56 Å². The van der Waals surface area contributed by atoms with Crippen LogP contribution < -0.4 is 10.9 Å². The van der Waals surface area contributed by atoms with Crippen LogP contribution in [0.1, 0.15) is 44.9 Å². The zero-order valence-corrected chi connectivity index (χ0v) is 15.3. The van der Waals surface area contributed by atoms with Crippen LogP contribution in [-0.2, 0) is 4.79 Å². The van der Waals surface area contributed by atoms with Crippen molar-refractivity contribution in [2.24, 2.45) is 5.92 Å². The normalized spacial score (nSPS) is 15.6. The second kappa shape index (κ2) is 7.78. The van der Waals surface area contributed by atoms with Crippen molar-refractivity contribution >= 4 is 22.4 Å². The number of fused-ring (bicyclic) bond motifs is 1. The first-order valence-corrected chi connectivity index (χ1v) is 9.67. The van der Waals surface area contributed by atoms with Crippen molar-refractivity contribution in [3.63, 3.8) is 0 Å². The fourth-order valence-corrected chi connectivity index (χ4v) is 3.99. The number of rotatable bonds is 4. The number of aromatic amines is 1. The van der Waals surface area contributed by atoms with Gasteiger partial charge in [0.1, 0.15) is 0 Å². The molecule has 1 fully saturated rings. The van der Waals surface area contributed by atoms with Crippen molar-refractivity contribution < 1.29 is 4.79 Å². The maximum absolute atomic E-state index is 12.8. The summed E-state index contributed by atoms with van der Waals surface area (Å²) in [5.41, 5.74) is 0.539. The average molecular weight is 364 g/mol. The minimum atomic E-state index is -0.153. The third-order valence-electron chi connectivity index (χ3n) is 5.40. The molecular weight excluding hydrogens is 340 g/mol. The number of H-pyrrole nitrogens is 1. The highest BCUT2D eigenvalue weighted by molar-refractivity contribution is 6.01. The fourth-order valence-electron chi connectivity index (χ4n) is 3.99. The molecular formula is C21H24N4O2. The lowest BCUT2D eigenvalue weighted by atomic mass is 9.96. The number of nitrogens with one attached hydrogen (secondary N) is 2. The molecule has 0 spiro atoms. The lowest BCUT2D eigenvalue weighted by Crippen LogP contribution is -2.20. The van der Waals surface area contributed by atoms with Gasteiger partial charge in [-0.2, -0.15) is 5.10 Å². The number of nitrogens with zero attached hydrogens (tertiary/aromatic N) is 2. The molecule has 6 nitrogen and oxygen atoms in total. The summed E-state index contributed by atoms with van der Waals surface area (Å²) in [4.78, 5) is 25.4. The first kappa shape index (κ1) is 17.5. The molecule has 3 aromatic rings. The van der Waals surface area contributed by atoms with Gasteiger partial charge < -0.3 is 5.32 Å². The highest BCUT2D eigenvalue weighted by Gasteiger charge is 2.17. The van der Waals surface area contributed by atoms with E-state index >= 15 is 0 Å². The van der Waals surface area contributed by atoms with Gasteiger partial charge in [-0.3, -0.25) is 19.3 Å². The fraction of sp³-hybridized carbons (Fsp3) is 0.381. The van der Waals surface area contributed by atoms with Crippen LogP contribution >= 0.6 is 0 Å². The second-order valence-electron chi connectivity index (χ2n) is 7.30. The molecule has 0 saturated heterocycles. The van der Waals surface area contributed by atoms with Crippen molar-refractivity contribution in [2.75, 3.05) is 5.32 Å². The molecule has 0 atom stereocenters. The second-order valence-corrected chi connectivity index (χ2v) is 7.30. The van der Waals surface area contributed by atoms with Gasteiger partial charge in [-0.25, -0.2) is 0 Å². The molecule has 0 radical (unpaired) electrons. The Kier molecular flexibility index (Phi) is 5.05. The van der Waals surface area contributed by atoms with Crippen molar-refractivity contribution in [3.8, 4) is 5.82 Å². The van der Waals surface area contributed by atoms with Crippen molar-refractivity contribution in [1.29, 1.82) is 0 Å². The molecule has 1 aromatic carbocycles. The van der Waals surface area contributed by atoms with Crippen LogP contribution in [0.25, 0.3) is 16.6 Å². The third kappa shape index (κ3) is 3.79. The summed E-state index contributed by atoms with van der Waals surface area (Å²) < 4.78 is 1.50. The molecule has 2 N–H and O–H groups in total. The van der Waals surface area contributed by atoms with E-state index in [-0.39, 0.29) is 11.5 Å². The predicted molar refractivity (Wildman–Crippen MR) is 106 cm³/mol. The largest absolute Gasteiger partial charge is 0.326 e. The number of benzene rings is 1. The topological polar surface area (TPSA) is 79.8 Å².